The van der Waals surface area contributed by atoms with E-state index in [2.05, 4.69) is 34.5 Å². The van der Waals surface area contributed by atoms with Gasteiger partial charge in [-0.1, -0.05) is 13.8 Å². The molecule has 0 aromatic carbocycles. The van der Waals surface area contributed by atoms with Crippen molar-refractivity contribution in [2.75, 3.05) is 31.7 Å². The zero-order chi connectivity index (χ0) is 15.7. The number of rotatable bonds is 6. The van der Waals surface area contributed by atoms with Gasteiger partial charge in [-0.05, 0) is 30.2 Å². The van der Waals surface area contributed by atoms with E-state index in [1.54, 1.807) is 11.3 Å². The third kappa shape index (κ3) is 2.95. The first-order valence-corrected chi connectivity index (χ1v) is 8.58. The minimum Gasteiger partial charge on any atom is -0.396 e. The van der Waals surface area contributed by atoms with E-state index in [9.17, 15) is 5.11 Å². The first-order chi connectivity index (χ1) is 10.5. The van der Waals surface area contributed by atoms with E-state index in [0.29, 0.717) is 25.7 Å². The molecule has 0 saturated carbocycles. The molecule has 2 aromatic rings. The third-order valence-electron chi connectivity index (χ3n) is 4.03. The summed E-state index contributed by atoms with van der Waals surface area (Å²) in [6.07, 6.45) is 1.02. The van der Waals surface area contributed by atoms with Crippen LogP contribution in [0.25, 0.3) is 10.2 Å². The average Bonchev–Trinajstić information content (AvgIpc) is 2.80. The monoisotopic (exact) mass is 321 g/mol. The van der Waals surface area contributed by atoms with Crippen molar-refractivity contribution in [3.8, 4) is 0 Å². The van der Waals surface area contributed by atoms with Crippen molar-refractivity contribution in [3.05, 3.63) is 16.8 Å². The van der Waals surface area contributed by atoms with Gasteiger partial charge in [-0.3, -0.25) is 0 Å². The van der Waals surface area contributed by atoms with E-state index in [1.165, 1.54) is 5.56 Å². The SMILES string of the molecule is Cc1nc(NCC2(CO)COC2)c2c(CC(C)C)csc2n1. The highest BCUT2D eigenvalue weighted by Crippen LogP contribution is 2.33. The summed E-state index contributed by atoms with van der Waals surface area (Å²) in [6, 6.07) is 0. The predicted octanol–water partition coefficient (Wildman–Crippen LogP) is 2.62. The molecule has 2 N–H and O–H groups in total. The number of thiophene rings is 1. The summed E-state index contributed by atoms with van der Waals surface area (Å²) in [7, 11) is 0. The van der Waals surface area contributed by atoms with Crippen LogP contribution in [0, 0.1) is 18.3 Å². The van der Waals surface area contributed by atoms with Crippen molar-refractivity contribution in [2.24, 2.45) is 11.3 Å². The number of hydrogen-bond donors (Lipinski definition) is 2. The summed E-state index contributed by atoms with van der Waals surface area (Å²) in [5.74, 6) is 2.26. The van der Waals surface area contributed by atoms with E-state index >= 15 is 0 Å². The van der Waals surface area contributed by atoms with Crippen molar-refractivity contribution in [2.45, 2.75) is 27.2 Å². The Morgan fingerprint density at radius 2 is 2.18 bits per heavy atom. The van der Waals surface area contributed by atoms with Crippen LogP contribution in [-0.4, -0.2) is 41.4 Å². The van der Waals surface area contributed by atoms with Crippen LogP contribution < -0.4 is 5.32 Å². The van der Waals surface area contributed by atoms with Crippen LogP contribution in [0.4, 0.5) is 5.82 Å². The molecule has 1 fully saturated rings. The molecule has 0 bridgehead atoms. The first-order valence-electron chi connectivity index (χ1n) is 7.70. The van der Waals surface area contributed by atoms with Gasteiger partial charge in [0.1, 0.15) is 16.5 Å². The van der Waals surface area contributed by atoms with Crippen molar-refractivity contribution < 1.29 is 9.84 Å². The Labute approximate surface area is 134 Å². The second-order valence-electron chi connectivity index (χ2n) is 6.66. The van der Waals surface area contributed by atoms with Crippen molar-refractivity contribution in [1.82, 2.24) is 9.97 Å². The molecular formula is C16H23N3O2S. The van der Waals surface area contributed by atoms with Crippen LogP contribution in [-0.2, 0) is 11.2 Å². The zero-order valence-electron chi connectivity index (χ0n) is 13.3. The van der Waals surface area contributed by atoms with Crippen LogP contribution in [0.1, 0.15) is 25.2 Å². The molecule has 3 heterocycles. The number of aryl methyl sites for hydroxylation is 1. The quantitative estimate of drug-likeness (QED) is 0.856. The number of aromatic nitrogens is 2. The Hall–Kier alpha value is -1.24. The molecule has 3 rings (SSSR count). The highest BCUT2D eigenvalue weighted by molar-refractivity contribution is 7.17. The van der Waals surface area contributed by atoms with Gasteiger partial charge in [-0.25, -0.2) is 9.97 Å². The van der Waals surface area contributed by atoms with Crippen molar-refractivity contribution >= 4 is 27.4 Å². The van der Waals surface area contributed by atoms with Gasteiger partial charge >= 0.3 is 0 Å². The zero-order valence-corrected chi connectivity index (χ0v) is 14.2. The molecular weight excluding hydrogens is 298 g/mol. The van der Waals surface area contributed by atoms with Crippen molar-refractivity contribution in [1.29, 1.82) is 0 Å². The second kappa shape index (κ2) is 6.10. The van der Waals surface area contributed by atoms with Crippen molar-refractivity contribution in [3.63, 3.8) is 0 Å². The van der Waals surface area contributed by atoms with Gasteiger partial charge in [-0.2, -0.15) is 0 Å². The number of nitrogens with one attached hydrogen (secondary N) is 1. The standard InChI is InChI=1S/C16H23N3O2S/c1-10(2)4-12-5-22-15-13(12)14(18-11(3)19-15)17-6-16(7-20)8-21-9-16/h5,10,20H,4,6-9H2,1-3H3,(H,17,18,19). The molecule has 0 aliphatic carbocycles. The molecule has 1 aliphatic heterocycles. The molecule has 1 saturated heterocycles. The lowest BCUT2D eigenvalue weighted by Gasteiger charge is -2.40. The van der Waals surface area contributed by atoms with Crippen LogP contribution in [0.2, 0.25) is 0 Å². The second-order valence-corrected chi connectivity index (χ2v) is 7.52. The maximum absolute atomic E-state index is 9.57. The lowest BCUT2D eigenvalue weighted by molar-refractivity contribution is -0.128. The van der Waals surface area contributed by atoms with Gasteiger partial charge < -0.3 is 15.2 Å². The third-order valence-corrected chi connectivity index (χ3v) is 4.95. The molecule has 5 nitrogen and oxygen atoms in total. The molecule has 120 valence electrons. The fourth-order valence-electron chi connectivity index (χ4n) is 2.74. The summed E-state index contributed by atoms with van der Waals surface area (Å²) >= 11 is 1.68. The highest BCUT2D eigenvalue weighted by atomic mass is 32.1. The van der Waals surface area contributed by atoms with E-state index in [-0.39, 0.29) is 12.0 Å². The normalized spacial score (nSPS) is 17.0. The Kier molecular flexibility index (Phi) is 4.34. The van der Waals surface area contributed by atoms with Gasteiger partial charge in [-0.15, -0.1) is 11.3 Å². The number of nitrogens with zero attached hydrogens (tertiary/aromatic N) is 2. The topological polar surface area (TPSA) is 67.3 Å². The number of aliphatic hydroxyl groups excluding tert-OH is 1. The lowest BCUT2D eigenvalue weighted by atomic mass is 9.87. The highest BCUT2D eigenvalue weighted by Gasteiger charge is 2.38. The average molecular weight is 321 g/mol. The van der Waals surface area contributed by atoms with Gasteiger partial charge in [0.05, 0.1) is 30.6 Å². The van der Waals surface area contributed by atoms with Crippen LogP contribution in [0.5, 0.6) is 0 Å². The number of anilines is 1. The van der Waals surface area contributed by atoms with E-state index < -0.39 is 0 Å². The fraction of sp³-hybridized carbons (Fsp3) is 0.625. The van der Waals surface area contributed by atoms with E-state index in [1.807, 2.05) is 6.92 Å². The molecule has 0 atom stereocenters. The number of ether oxygens (including phenoxy) is 1. The lowest BCUT2D eigenvalue weighted by Crippen LogP contribution is -2.50. The smallest absolute Gasteiger partial charge is 0.138 e. The molecule has 0 spiro atoms. The fourth-order valence-corrected chi connectivity index (χ4v) is 3.73. The minimum atomic E-state index is -0.167. The molecule has 6 heteroatoms. The van der Waals surface area contributed by atoms with Crippen LogP contribution in [0.3, 0.4) is 0 Å². The van der Waals surface area contributed by atoms with Crippen LogP contribution in [0.15, 0.2) is 5.38 Å². The summed E-state index contributed by atoms with van der Waals surface area (Å²) in [6.45, 7) is 8.37. The minimum absolute atomic E-state index is 0.135. The van der Waals surface area contributed by atoms with E-state index in [0.717, 1.165) is 28.3 Å². The maximum Gasteiger partial charge on any atom is 0.138 e. The van der Waals surface area contributed by atoms with Gasteiger partial charge in [0.15, 0.2) is 0 Å². The van der Waals surface area contributed by atoms with Gasteiger partial charge in [0.2, 0.25) is 0 Å². The molecule has 1 aliphatic rings. The Morgan fingerprint density at radius 1 is 1.41 bits per heavy atom. The van der Waals surface area contributed by atoms with Gasteiger partial charge in [0, 0.05) is 6.54 Å². The molecule has 0 radical (unpaired) electrons. The number of fused-ring (bicyclic) bond motifs is 1. The summed E-state index contributed by atoms with van der Waals surface area (Å²) in [5, 5.41) is 16.3. The van der Waals surface area contributed by atoms with Crippen LogP contribution >= 0.6 is 11.3 Å². The Bertz CT molecular complexity index is 659. The predicted molar refractivity (Wildman–Crippen MR) is 89.5 cm³/mol. The molecule has 2 aromatic heterocycles. The number of aliphatic hydroxyl groups is 1. The molecule has 22 heavy (non-hydrogen) atoms. The first kappa shape index (κ1) is 15.6. The maximum atomic E-state index is 9.57. The Balaban J connectivity index is 1.91. The van der Waals surface area contributed by atoms with Gasteiger partial charge in [0.25, 0.3) is 0 Å². The largest absolute Gasteiger partial charge is 0.396 e. The Morgan fingerprint density at radius 3 is 2.77 bits per heavy atom. The summed E-state index contributed by atoms with van der Waals surface area (Å²) in [5.41, 5.74) is 1.14. The van der Waals surface area contributed by atoms with E-state index in [4.69, 9.17) is 4.74 Å². The summed E-state index contributed by atoms with van der Waals surface area (Å²) in [4.78, 5) is 10.2. The number of hydrogen-bond acceptors (Lipinski definition) is 6. The molecule has 0 amide bonds. The molecule has 0 unspecified atom stereocenters. The summed E-state index contributed by atoms with van der Waals surface area (Å²) < 4.78 is 5.26.